The Morgan fingerprint density at radius 1 is 0.477 bits per heavy atom. The lowest BCUT2D eigenvalue weighted by Crippen LogP contribution is -2.46. The Morgan fingerprint density at radius 3 is 1.31 bits per heavy atom. The zero-order valence-electron chi connectivity index (χ0n) is 42.6. The van der Waals surface area contributed by atoms with E-state index >= 15 is 0 Å². The predicted molar refractivity (Wildman–Crippen MR) is 282 cm³/mol. The summed E-state index contributed by atoms with van der Waals surface area (Å²) in [6, 6.07) is -0.747. The van der Waals surface area contributed by atoms with Crippen LogP contribution in [0.2, 0.25) is 0 Å². The lowest BCUT2D eigenvalue weighted by molar-refractivity contribution is -0.148. The molecule has 374 valence electrons. The van der Waals surface area contributed by atoms with Crippen LogP contribution >= 0.6 is 0 Å². The minimum absolute atomic E-state index is 0.0516. The number of rotatable bonds is 48. The molecule has 6 heteroatoms. The molecular formula is C59H103NO5. The van der Waals surface area contributed by atoms with Crippen LogP contribution < -0.4 is 5.32 Å². The molecule has 3 unspecified atom stereocenters. The van der Waals surface area contributed by atoms with Crippen LogP contribution in [0.5, 0.6) is 0 Å². The molecule has 0 bridgehead atoms. The van der Waals surface area contributed by atoms with Gasteiger partial charge in [-0.2, -0.15) is 0 Å². The van der Waals surface area contributed by atoms with Crippen molar-refractivity contribution in [2.75, 3.05) is 6.61 Å². The summed E-state index contributed by atoms with van der Waals surface area (Å²) >= 11 is 0. The smallest absolute Gasteiger partial charge is 0.306 e. The zero-order valence-corrected chi connectivity index (χ0v) is 42.6. The van der Waals surface area contributed by atoms with Gasteiger partial charge in [-0.1, -0.05) is 241 Å². The van der Waals surface area contributed by atoms with Crippen LogP contribution in [0, 0.1) is 0 Å². The third-order valence-electron chi connectivity index (χ3n) is 12.0. The number of esters is 1. The Labute approximate surface area is 402 Å². The number of amides is 1. The SMILES string of the molecule is CC/C=C\C/C=C\C/C=C\C/C=C\C/C=C\C/C=C\C(CC(=O)NC(CO)C(O)CCCCCCCCCCCCCCCC)OC(=O)CCCCCCCCC/C=C\CCCCCC. The highest BCUT2D eigenvalue weighted by atomic mass is 16.5. The molecule has 0 aromatic heterocycles. The van der Waals surface area contributed by atoms with Gasteiger partial charge >= 0.3 is 5.97 Å². The molecule has 0 saturated carbocycles. The Balaban J connectivity index is 4.76. The number of aliphatic hydroxyl groups excluding tert-OH is 2. The van der Waals surface area contributed by atoms with Crippen molar-refractivity contribution in [3.8, 4) is 0 Å². The molecule has 6 nitrogen and oxygen atoms in total. The summed E-state index contributed by atoms with van der Waals surface area (Å²) < 4.78 is 5.83. The van der Waals surface area contributed by atoms with E-state index in [0.717, 1.165) is 70.6 Å². The number of nitrogens with one attached hydrogen (secondary N) is 1. The standard InChI is InChI=1S/C59H103NO5/c1-4-7-10-13-16-19-22-25-28-29-31-32-35-38-41-44-47-50-55(65-59(64)52-49-46-43-40-37-34-30-26-23-20-17-14-11-8-5-2)53-58(63)60-56(54-61)57(62)51-48-45-42-39-36-33-27-24-21-18-15-12-9-6-3/h7,10,16,19-20,23,25,28,31-32,38,41,47,50,55-57,61-62H,4-6,8-9,11-15,17-18,21-22,24,26-27,29-30,33-37,39-40,42-46,48-49,51-54H2,1-3H3,(H,60,63)/b10-7-,19-16-,23-20-,28-25-,32-31-,41-38-,50-47-. The van der Waals surface area contributed by atoms with Crippen LogP contribution in [-0.2, 0) is 14.3 Å². The van der Waals surface area contributed by atoms with Gasteiger partial charge in [-0.15, -0.1) is 0 Å². The molecule has 0 aromatic carbocycles. The largest absolute Gasteiger partial charge is 0.458 e. The minimum atomic E-state index is -0.824. The Morgan fingerprint density at radius 2 is 0.862 bits per heavy atom. The lowest BCUT2D eigenvalue weighted by Gasteiger charge is -2.23. The molecular weight excluding hydrogens is 803 g/mol. The monoisotopic (exact) mass is 906 g/mol. The maximum Gasteiger partial charge on any atom is 0.306 e. The zero-order chi connectivity index (χ0) is 47.4. The second-order valence-corrected chi connectivity index (χ2v) is 18.2. The molecule has 65 heavy (non-hydrogen) atoms. The molecule has 0 aromatic rings. The van der Waals surface area contributed by atoms with Gasteiger partial charge in [0, 0.05) is 6.42 Å². The van der Waals surface area contributed by atoms with E-state index in [2.05, 4.69) is 99.0 Å². The van der Waals surface area contributed by atoms with Crippen LogP contribution in [0.1, 0.15) is 252 Å². The third kappa shape index (κ3) is 47.3. The maximum atomic E-state index is 13.2. The third-order valence-corrected chi connectivity index (χ3v) is 12.0. The number of aliphatic hydroxyl groups is 2. The summed E-state index contributed by atoms with van der Waals surface area (Å²) in [5, 5.41) is 23.8. The fourth-order valence-corrected chi connectivity index (χ4v) is 7.83. The van der Waals surface area contributed by atoms with Gasteiger partial charge in [-0.3, -0.25) is 9.59 Å². The number of hydrogen-bond donors (Lipinski definition) is 3. The van der Waals surface area contributed by atoms with E-state index in [9.17, 15) is 19.8 Å². The van der Waals surface area contributed by atoms with E-state index in [1.807, 2.05) is 6.08 Å². The summed E-state index contributed by atoms with van der Waals surface area (Å²) in [5.41, 5.74) is 0. The lowest BCUT2D eigenvalue weighted by atomic mass is 10.0. The summed E-state index contributed by atoms with van der Waals surface area (Å²) in [6.45, 7) is 6.33. The number of unbranched alkanes of at least 4 members (excludes halogenated alkanes) is 24. The van der Waals surface area contributed by atoms with Crippen molar-refractivity contribution < 1.29 is 24.5 Å². The van der Waals surface area contributed by atoms with Crippen LogP contribution in [0.4, 0.5) is 0 Å². The molecule has 1 amide bonds. The van der Waals surface area contributed by atoms with Gasteiger partial charge in [-0.05, 0) is 83.1 Å². The van der Waals surface area contributed by atoms with Crippen LogP contribution in [0.15, 0.2) is 85.1 Å². The molecule has 0 aliphatic rings. The quantitative estimate of drug-likeness (QED) is 0.0321. The summed E-state index contributed by atoms with van der Waals surface area (Å²) in [6.07, 6.45) is 68.1. The molecule has 0 rings (SSSR count). The van der Waals surface area contributed by atoms with Gasteiger partial charge in [0.2, 0.25) is 5.91 Å². The highest BCUT2D eigenvalue weighted by molar-refractivity contribution is 5.78. The second-order valence-electron chi connectivity index (χ2n) is 18.2. The summed E-state index contributed by atoms with van der Waals surface area (Å²) in [4.78, 5) is 26.1. The summed E-state index contributed by atoms with van der Waals surface area (Å²) in [7, 11) is 0. The fraction of sp³-hybridized carbons (Fsp3) is 0.729. The van der Waals surface area contributed by atoms with Crippen molar-refractivity contribution in [1.82, 2.24) is 5.32 Å². The van der Waals surface area contributed by atoms with Crippen LogP contribution in [0.3, 0.4) is 0 Å². The normalized spacial score (nSPS) is 13.9. The molecule has 0 radical (unpaired) electrons. The van der Waals surface area contributed by atoms with Crippen LogP contribution in [-0.4, -0.2) is 46.9 Å². The average Bonchev–Trinajstić information content (AvgIpc) is 3.30. The van der Waals surface area contributed by atoms with Gasteiger partial charge in [0.15, 0.2) is 0 Å². The van der Waals surface area contributed by atoms with E-state index in [0.29, 0.717) is 19.3 Å². The topological polar surface area (TPSA) is 95.9 Å². The first kappa shape index (κ1) is 62.0. The van der Waals surface area contributed by atoms with Gasteiger partial charge in [0.1, 0.15) is 6.10 Å². The number of carbonyl (C=O) groups excluding carboxylic acids is 2. The van der Waals surface area contributed by atoms with Crippen molar-refractivity contribution in [2.24, 2.45) is 0 Å². The summed E-state index contributed by atoms with van der Waals surface area (Å²) in [5.74, 6) is -0.635. The van der Waals surface area contributed by atoms with E-state index in [4.69, 9.17) is 4.74 Å². The van der Waals surface area contributed by atoms with Crippen molar-refractivity contribution in [1.29, 1.82) is 0 Å². The Bertz CT molecular complexity index is 1250. The van der Waals surface area contributed by atoms with Gasteiger partial charge in [0.05, 0.1) is 25.2 Å². The highest BCUT2D eigenvalue weighted by Crippen LogP contribution is 2.16. The first-order valence-corrected chi connectivity index (χ1v) is 27.3. The van der Waals surface area contributed by atoms with Crippen LogP contribution in [0.25, 0.3) is 0 Å². The van der Waals surface area contributed by atoms with Crippen molar-refractivity contribution in [3.63, 3.8) is 0 Å². The van der Waals surface area contributed by atoms with E-state index in [1.54, 1.807) is 6.08 Å². The highest BCUT2D eigenvalue weighted by Gasteiger charge is 2.23. The Hall–Kier alpha value is -2.96. The molecule has 3 N–H and O–H groups in total. The molecule has 0 spiro atoms. The van der Waals surface area contributed by atoms with E-state index in [1.165, 1.54) is 135 Å². The molecule has 0 saturated heterocycles. The van der Waals surface area contributed by atoms with E-state index in [-0.39, 0.29) is 24.9 Å². The second kappa shape index (κ2) is 52.0. The van der Waals surface area contributed by atoms with Crippen molar-refractivity contribution in [2.45, 2.75) is 270 Å². The molecule has 0 aliphatic carbocycles. The van der Waals surface area contributed by atoms with Crippen molar-refractivity contribution >= 4 is 11.9 Å². The molecule has 0 aliphatic heterocycles. The number of allylic oxidation sites excluding steroid dienone is 13. The fourth-order valence-electron chi connectivity index (χ4n) is 7.83. The van der Waals surface area contributed by atoms with Gasteiger partial charge < -0.3 is 20.3 Å². The minimum Gasteiger partial charge on any atom is -0.458 e. The number of carbonyl (C=O) groups is 2. The molecule has 0 heterocycles. The van der Waals surface area contributed by atoms with Gasteiger partial charge in [-0.25, -0.2) is 0 Å². The van der Waals surface area contributed by atoms with Gasteiger partial charge in [0.25, 0.3) is 0 Å². The predicted octanol–water partition coefficient (Wildman–Crippen LogP) is 16.7. The van der Waals surface area contributed by atoms with E-state index < -0.39 is 18.2 Å². The average molecular weight is 906 g/mol. The molecule has 0 fully saturated rings. The van der Waals surface area contributed by atoms with Crippen molar-refractivity contribution in [3.05, 3.63) is 85.1 Å². The maximum absolute atomic E-state index is 13.2. The molecule has 3 atom stereocenters. The number of ether oxygens (including phenoxy) is 1. The number of hydrogen-bond acceptors (Lipinski definition) is 5. The Kier molecular flexibility index (Phi) is 49.6. The first-order valence-electron chi connectivity index (χ1n) is 27.3. The first-order chi connectivity index (χ1) is 32.0.